The standard InChI is InChI=1S/C12H14N2O2/c13-8-2-6-12(7-3-9-14)10(15)4-1-5-11(12)16/h1-7H2. The van der Waals surface area contributed by atoms with Crippen LogP contribution in [0, 0.1) is 28.1 Å². The molecular formula is C12H14N2O2. The van der Waals surface area contributed by atoms with E-state index in [9.17, 15) is 9.59 Å². The van der Waals surface area contributed by atoms with E-state index >= 15 is 0 Å². The van der Waals surface area contributed by atoms with E-state index in [1.807, 2.05) is 12.1 Å². The minimum Gasteiger partial charge on any atom is -0.299 e. The van der Waals surface area contributed by atoms with Crippen LogP contribution in [0.5, 0.6) is 0 Å². The summed E-state index contributed by atoms with van der Waals surface area (Å²) in [5.74, 6) is -0.150. The molecule has 16 heavy (non-hydrogen) atoms. The maximum atomic E-state index is 11.9. The highest BCUT2D eigenvalue weighted by molar-refractivity contribution is 6.08. The molecule has 0 radical (unpaired) electrons. The summed E-state index contributed by atoms with van der Waals surface area (Å²) in [4.78, 5) is 23.8. The van der Waals surface area contributed by atoms with Crippen molar-refractivity contribution in [3.63, 3.8) is 0 Å². The monoisotopic (exact) mass is 218 g/mol. The minimum absolute atomic E-state index is 0.0748. The number of nitrogens with zero attached hydrogens (tertiary/aromatic N) is 2. The molecule has 1 fully saturated rings. The molecule has 1 rings (SSSR count). The van der Waals surface area contributed by atoms with Crippen LogP contribution in [0.15, 0.2) is 0 Å². The molecule has 1 aliphatic rings. The van der Waals surface area contributed by atoms with E-state index in [4.69, 9.17) is 10.5 Å². The number of carbonyl (C=O) groups excluding carboxylic acids is 2. The molecule has 0 spiro atoms. The molecule has 0 atom stereocenters. The fraction of sp³-hybridized carbons (Fsp3) is 0.667. The van der Waals surface area contributed by atoms with E-state index < -0.39 is 5.41 Å². The maximum absolute atomic E-state index is 11.9. The van der Waals surface area contributed by atoms with Gasteiger partial charge in [-0.25, -0.2) is 0 Å². The van der Waals surface area contributed by atoms with Gasteiger partial charge in [-0.3, -0.25) is 9.59 Å². The summed E-state index contributed by atoms with van der Waals surface area (Å²) in [6.45, 7) is 0. The van der Waals surface area contributed by atoms with Crippen molar-refractivity contribution in [3.05, 3.63) is 0 Å². The number of hydrogen-bond donors (Lipinski definition) is 0. The molecule has 0 aromatic rings. The van der Waals surface area contributed by atoms with Crippen molar-refractivity contribution in [1.29, 1.82) is 10.5 Å². The molecule has 0 unspecified atom stereocenters. The third kappa shape index (κ3) is 2.28. The normalized spacial score (nSPS) is 18.9. The summed E-state index contributed by atoms with van der Waals surface area (Å²) >= 11 is 0. The van der Waals surface area contributed by atoms with Gasteiger partial charge in [-0.2, -0.15) is 10.5 Å². The Morgan fingerprint density at radius 1 is 1.00 bits per heavy atom. The molecule has 84 valence electrons. The van der Waals surface area contributed by atoms with Crippen molar-refractivity contribution in [2.45, 2.75) is 44.9 Å². The number of hydrogen-bond acceptors (Lipinski definition) is 4. The molecule has 0 aromatic heterocycles. The number of carbonyl (C=O) groups is 2. The van der Waals surface area contributed by atoms with E-state index in [1.54, 1.807) is 0 Å². The van der Waals surface area contributed by atoms with Gasteiger partial charge >= 0.3 is 0 Å². The quantitative estimate of drug-likeness (QED) is 0.675. The lowest BCUT2D eigenvalue weighted by Crippen LogP contribution is -2.42. The van der Waals surface area contributed by atoms with Crippen molar-refractivity contribution < 1.29 is 9.59 Å². The third-order valence-electron chi connectivity index (χ3n) is 3.20. The van der Waals surface area contributed by atoms with E-state index in [1.165, 1.54) is 0 Å². The molecule has 1 aliphatic carbocycles. The van der Waals surface area contributed by atoms with Crippen LogP contribution in [0.2, 0.25) is 0 Å². The van der Waals surface area contributed by atoms with Crippen molar-refractivity contribution in [3.8, 4) is 12.1 Å². The highest BCUT2D eigenvalue weighted by atomic mass is 16.2. The van der Waals surface area contributed by atoms with Crippen LogP contribution in [0.4, 0.5) is 0 Å². The van der Waals surface area contributed by atoms with Gasteiger partial charge in [-0.05, 0) is 19.3 Å². The first-order valence-electron chi connectivity index (χ1n) is 5.48. The molecule has 0 heterocycles. The molecule has 0 aliphatic heterocycles. The van der Waals surface area contributed by atoms with E-state index in [0.717, 1.165) is 0 Å². The molecule has 4 nitrogen and oxygen atoms in total. The lowest BCUT2D eigenvalue weighted by molar-refractivity contribution is -0.144. The van der Waals surface area contributed by atoms with Gasteiger partial charge in [0.15, 0.2) is 0 Å². The first-order valence-corrected chi connectivity index (χ1v) is 5.48. The van der Waals surface area contributed by atoms with Crippen LogP contribution in [0.1, 0.15) is 44.9 Å². The first-order chi connectivity index (χ1) is 7.67. The predicted octanol–water partition coefficient (Wildman–Crippen LogP) is 1.90. The van der Waals surface area contributed by atoms with Crippen molar-refractivity contribution in [1.82, 2.24) is 0 Å². The Morgan fingerprint density at radius 2 is 1.44 bits per heavy atom. The van der Waals surface area contributed by atoms with Gasteiger partial charge in [-0.15, -0.1) is 0 Å². The van der Waals surface area contributed by atoms with Crippen LogP contribution < -0.4 is 0 Å². The lowest BCUT2D eigenvalue weighted by atomic mass is 9.67. The highest BCUT2D eigenvalue weighted by Gasteiger charge is 2.45. The van der Waals surface area contributed by atoms with Gasteiger partial charge in [0.25, 0.3) is 0 Å². The Morgan fingerprint density at radius 3 is 1.81 bits per heavy atom. The topological polar surface area (TPSA) is 81.7 Å². The maximum Gasteiger partial charge on any atom is 0.146 e. The summed E-state index contributed by atoms with van der Waals surface area (Å²) < 4.78 is 0. The molecule has 0 aromatic carbocycles. The summed E-state index contributed by atoms with van der Waals surface area (Å²) in [7, 11) is 0. The molecule has 0 N–H and O–H groups in total. The highest BCUT2D eigenvalue weighted by Crippen LogP contribution is 2.38. The second-order valence-electron chi connectivity index (χ2n) is 4.10. The zero-order chi connectivity index (χ0) is 12.0. The van der Waals surface area contributed by atoms with Gasteiger partial charge in [0, 0.05) is 25.7 Å². The second kappa shape index (κ2) is 5.42. The Labute approximate surface area is 94.9 Å². The number of ketones is 2. The molecular weight excluding hydrogens is 204 g/mol. The lowest BCUT2D eigenvalue weighted by Gasteiger charge is -2.33. The van der Waals surface area contributed by atoms with Gasteiger partial charge in [0.1, 0.15) is 11.6 Å². The first kappa shape index (κ1) is 12.4. The van der Waals surface area contributed by atoms with Crippen LogP contribution in [0.3, 0.4) is 0 Å². The van der Waals surface area contributed by atoms with Crippen molar-refractivity contribution >= 4 is 11.6 Å². The summed E-state index contributed by atoms with van der Waals surface area (Å²) in [6, 6.07) is 3.94. The summed E-state index contributed by atoms with van der Waals surface area (Å²) in [5.41, 5.74) is -1.02. The van der Waals surface area contributed by atoms with Gasteiger partial charge in [0.05, 0.1) is 17.6 Å². The van der Waals surface area contributed by atoms with Crippen LogP contribution in [0.25, 0.3) is 0 Å². The van der Waals surface area contributed by atoms with Crippen molar-refractivity contribution in [2.24, 2.45) is 5.41 Å². The third-order valence-corrected chi connectivity index (χ3v) is 3.20. The van der Waals surface area contributed by atoms with E-state index in [2.05, 4.69) is 0 Å². The molecule has 0 bridgehead atoms. The predicted molar refractivity (Wildman–Crippen MR) is 56.0 cm³/mol. The zero-order valence-electron chi connectivity index (χ0n) is 9.16. The van der Waals surface area contributed by atoms with Gasteiger partial charge in [0.2, 0.25) is 0 Å². The number of Topliss-reactive ketones (excluding diaryl/α,β-unsaturated/α-hetero) is 2. The fourth-order valence-electron chi connectivity index (χ4n) is 2.26. The zero-order valence-corrected chi connectivity index (χ0v) is 9.16. The van der Waals surface area contributed by atoms with Crippen LogP contribution in [-0.2, 0) is 9.59 Å². The molecule has 0 saturated heterocycles. The van der Waals surface area contributed by atoms with E-state index in [-0.39, 0.29) is 37.2 Å². The molecule has 4 heteroatoms. The summed E-state index contributed by atoms with van der Waals surface area (Å²) in [5, 5.41) is 17.1. The SMILES string of the molecule is N#CCCC1(CCC#N)C(=O)CCCC1=O. The average molecular weight is 218 g/mol. The Kier molecular flexibility index (Phi) is 4.19. The Balaban J connectivity index is 2.90. The van der Waals surface area contributed by atoms with Crippen molar-refractivity contribution in [2.75, 3.05) is 0 Å². The van der Waals surface area contributed by atoms with Gasteiger partial charge in [-0.1, -0.05) is 0 Å². The molecule has 0 amide bonds. The van der Waals surface area contributed by atoms with Crippen LogP contribution >= 0.6 is 0 Å². The van der Waals surface area contributed by atoms with Gasteiger partial charge < -0.3 is 0 Å². The second-order valence-corrected chi connectivity index (χ2v) is 4.10. The Hall–Kier alpha value is -1.68. The summed E-state index contributed by atoms with van der Waals surface area (Å²) in [6.07, 6.45) is 2.38. The average Bonchev–Trinajstić information content (AvgIpc) is 2.28. The molecule has 1 saturated carbocycles. The Bertz CT molecular complexity index is 337. The number of rotatable bonds is 4. The largest absolute Gasteiger partial charge is 0.299 e. The van der Waals surface area contributed by atoms with E-state index in [0.29, 0.717) is 19.3 Å². The fourth-order valence-corrected chi connectivity index (χ4v) is 2.26. The minimum atomic E-state index is -1.02. The van der Waals surface area contributed by atoms with Crippen LogP contribution in [-0.4, -0.2) is 11.6 Å². The smallest absolute Gasteiger partial charge is 0.146 e. The number of nitriles is 2.